The van der Waals surface area contributed by atoms with E-state index in [1.165, 1.54) is 6.20 Å². The highest BCUT2D eigenvalue weighted by Gasteiger charge is 2.04. The maximum absolute atomic E-state index is 11.2. The molecule has 2 rings (SSSR count). The molecule has 0 fully saturated rings. The van der Waals surface area contributed by atoms with E-state index in [0.29, 0.717) is 12.2 Å². The zero-order valence-corrected chi connectivity index (χ0v) is 9.95. The van der Waals surface area contributed by atoms with Gasteiger partial charge in [-0.15, -0.1) is 0 Å². The van der Waals surface area contributed by atoms with Gasteiger partial charge in [0.2, 0.25) is 0 Å². The van der Waals surface area contributed by atoms with E-state index in [4.69, 9.17) is 11.6 Å². The van der Waals surface area contributed by atoms with Gasteiger partial charge in [0, 0.05) is 5.69 Å². The summed E-state index contributed by atoms with van der Waals surface area (Å²) >= 11 is 5.82. The Balaban J connectivity index is 2.13. The summed E-state index contributed by atoms with van der Waals surface area (Å²) in [6.07, 6.45) is 1.47. The Bertz CT molecular complexity index is 582. The predicted octanol–water partition coefficient (Wildman–Crippen LogP) is 1.74. The van der Waals surface area contributed by atoms with Crippen LogP contribution in [0.15, 0.2) is 29.2 Å². The molecule has 2 aromatic heterocycles. The van der Waals surface area contributed by atoms with Gasteiger partial charge >= 0.3 is 0 Å². The second kappa shape index (κ2) is 4.97. The normalized spacial score (nSPS) is 10.2. The van der Waals surface area contributed by atoms with Crippen LogP contribution in [0.4, 0.5) is 5.69 Å². The lowest BCUT2D eigenvalue weighted by Crippen LogP contribution is -2.12. The van der Waals surface area contributed by atoms with Crippen LogP contribution in [0.5, 0.6) is 0 Å². The van der Waals surface area contributed by atoms with Gasteiger partial charge in [0.25, 0.3) is 5.56 Å². The lowest BCUT2D eigenvalue weighted by molar-refractivity contribution is 0.969. The summed E-state index contributed by atoms with van der Waals surface area (Å²) in [7, 11) is 0. The van der Waals surface area contributed by atoms with Crippen LogP contribution in [-0.4, -0.2) is 15.2 Å². The van der Waals surface area contributed by atoms with Crippen molar-refractivity contribution in [2.45, 2.75) is 13.5 Å². The summed E-state index contributed by atoms with van der Waals surface area (Å²) in [5, 5.41) is 9.05. The average Bonchev–Trinajstić information content (AvgIpc) is 2.31. The van der Waals surface area contributed by atoms with Crippen LogP contribution in [-0.2, 0) is 6.54 Å². The smallest absolute Gasteiger partial charge is 0.285 e. The molecule has 0 saturated carbocycles. The van der Waals surface area contributed by atoms with Gasteiger partial charge in [-0.3, -0.25) is 9.78 Å². The lowest BCUT2D eigenvalue weighted by atomic mass is 10.3. The number of rotatable bonds is 3. The minimum Gasteiger partial charge on any atom is -0.377 e. The van der Waals surface area contributed by atoms with Gasteiger partial charge in [-0.05, 0) is 19.1 Å². The fourth-order valence-corrected chi connectivity index (χ4v) is 1.55. The van der Waals surface area contributed by atoms with E-state index < -0.39 is 5.56 Å². The summed E-state index contributed by atoms with van der Waals surface area (Å²) < 4.78 is 0. The van der Waals surface area contributed by atoms with Gasteiger partial charge in [-0.1, -0.05) is 17.7 Å². The highest BCUT2D eigenvalue weighted by Crippen LogP contribution is 2.15. The number of aryl methyl sites for hydroxylation is 1. The Morgan fingerprint density at radius 3 is 3.06 bits per heavy atom. The molecular weight excluding hydrogens is 240 g/mol. The summed E-state index contributed by atoms with van der Waals surface area (Å²) in [6, 6.07) is 5.75. The molecule has 88 valence electrons. The number of hydrogen-bond acceptors (Lipinski definition) is 4. The third-order valence-electron chi connectivity index (χ3n) is 2.20. The van der Waals surface area contributed by atoms with E-state index >= 15 is 0 Å². The first-order valence-corrected chi connectivity index (χ1v) is 5.44. The molecule has 0 aliphatic rings. The van der Waals surface area contributed by atoms with Crippen LogP contribution in [0.25, 0.3) is 0 Å². The van der Waals surface area contributed by atoms with Crippen molar-refractivity contribution < 1.29 is 0 Å². The molecule has 0 saturated heterocycles. The number of halogens is 1. The number of hydrogen-bond donors (Lipinski definition) is 2. The van der Waals surface area contributed by atoms with E-state index in [1.54, 1.807) is 0 Å². The first-order chi connectivity index (χ1) is 8.16. The van der Waals surface area contributed by atoms with Crippen molar-refractivity contribution in [2.24, 2.45) is 0 Å². The maximum atomic E-state index is 11.2. The van der Waals surface area contributed by atoms with Gasteiger partial charge in [0.15, 0.2) is 0 Å². The van der Waals surface area contributed by atoms with E-state index in [0.717, 1.165) is 11.4 Å². The standard InChI is InChI=1S/C11H11ClN4O/c1-7-3-2-4-8(15-7)5-13-9-6-14-16-11(17)10(9)12/h2-4,6H,5H2,1H3,(H2,13,16,17). The van der Waals surface area contributed by atoms with Crippen molar-refractivity contribution >= 4 is 17.3 Å². The number of nitrogens with one attached hydrogen (secondary N) is 2. The summed E-state index contributed by atoms with van der Waals surface area (Å²) in [4.78, 5) is 15.5. The highest BCUT2D eigenvalue weighted by atomic mass is 35.5. The number of aromatic amines is 1. The second-order valence-corrected chi connectivity index (χ2v) is 3.93. The zero-order valence-electron chi connectivity index (χ0n) is 9.20. The van der Waals surface area contributed by atoms with Crippen LogP contribution >= 0.6 is 11.6 Å². The van der Waals surface area contributed by atoms with Crippen molar-refractivity contribution in [3.05, 3.63) is 51.2 Å². The van der Waals surface area contributed by atoms with Gasteiger partial charge < -0.3 is 5.32 Å². The maximum Gasteiger partial charge on any atom is 0.285 e. The quantitative estimate of drug-likeness (QED) is 0.871. The van der Waals surface area contributed by atoms with E-state index in [-0.39, 0.29) is 5.02 Å². The molecule has 0 aromatic carbocycles. The Morgan fingerprint density at radius 2 is 2.29 bits per heavy atom. The van der Waals surface area contributed by atoms with Gasteiger partial charge in [0.1, 0.15) is 5.02 Å². The molecule has 0 aliphatic carbocycles. The molecule has 0 atom stereocenters. The summed E-state index contributed by atoms with van der Waals surface area (Å²) in [5.41, 5.74) is 1.91. The monoisotopic (exact) mass is 250 g/mol. The minimum atomic E-state index is -0.408. The average molecular weight is 251 g/mol. The predicted molar refractivity (Wildman–Crippen MR) is 66.2 cm³/mol. The molecular formula is C11H11ClN4O. The summed E-state index contributed by atoms with van der Waals surface area (Å²) in [6.45, 7) is 2.41. The van der Waals surface area contributed by atoms with Crippen molar-refractivity contribution in [2.75, 3.05) is 5.32 Å². The van der Waals surface area contributed by atoms with Crippen molar-refractivity contribution in [1.82, 2.24) is 15.2 Å². The van der Waals surface area contributed by atoms with E-state index in [2.05, 4.69) is 20.5 Å². The minimum absolute atomic E-state index is 0.104. The third kappa shape index (κ3) is 2.82. The van der Waals surface area contributed by atoms with Crippen molar-refractivity contribution in [3.8, 4) is 0 Å². The fourth-order valence-electron chi connectivity index (χ4n) is 1.39. The molecule has 2 heterocycles. The fraction of sp³-hybridized carbons (Fsp3) is 0.182. The third-order valence-corrected chi connectivity index (χ3v) is 2.58. The number of anilines is 1. The first kappa shape index (κ1) is 11.6. The molecule has 0 amide bonds. The number of nitrogens with zero attached hydrogens (tertiary/aromatic N) is 2. The number of pyridine rings is 1. The van der Waals surface area contributed by atoms with Gasteiger partial charge in [-0.25, -0.2) is 5.10 Å². The Morgan fingerprint density at radius 1 is 1.47 bits per heavy atom. The first-order valence-electron chi connectivity index (χ1n) is 5.06. The second-order valence-electron chi connectivity index (χ2n) is 3.55. The highest BCUT2D eigenvalue weighted by molar-refractivity contribution is 6.32. The van der Waals surface area contributed by atoms with E-state index in [9.17, 15) is 4.79 Å². The molecule has 2 aromatic rings. The van der Waals surface area contributed by atoms with E-state index in [1.807, 2.05) is 25.1 Å². The van der Waals surface area contributed by atoms with Gasteiger partial charge in [-0.2, -0.15) is 5.10 Å². The molecule has 17 heavy (non-hydrogen) atoms. The zero-order chi connectivity index (χ0) is 12.3. The Labute approximate surface area is 103 Å². The molecule has 2 N–H and O–H groups in total. The van der Waals surface area contributed by atoms with Crippen LogP contribution in [0, 0.1) is 6.92 Å². The lowest BCUT2D eigenvalue weighted by Gasteiger charge is -2.06. The molecule has 0 radical (unpaired) electrons. The molecule has 0 bridgehead atoms. The SMILES string of the molecule is Cc1cccc(CNc2cn[nH]c(=O)c2Cl)n1. The van der Waals surface area contributed by atoms with Gasteiger partial charge in [0.05, 0.1) is 24.1 Å². The molecule has 0 spiro atoms. The van der Waals surface area contributed by atoms with Crippen LogP contribution in [0.1, 0.15) is 11.4 Å². The Kier molecular flexibility index (Phi) is 3.39. The largest absolute Gasteiger partial charge is 0.377 e. The summed E-state index contributed by atoms with van der Waals surface area (Å²) in [5.74, 6) is 0. The molecule has 0 unspecified atom stereocenters. The molecule has 5 nitrogen and oxygen atoms in total. The molecule has 6 heteroatoms. The molecule has 0 aliphatic heterocycles. The van der Waals surface area contributed by atoms with Crippen LogP contribution < -0.4 is 10.9 Å². The Hall–Kier alpha value is -1.88. The van der Waals surface area contributed by atoms with Crippen molar-refractivity contribution in [3.63, 3.8) is 0 Å². The van der Waals surface area contributed by atoms with Crippen LogP contribution in [0.3, 0.4) is 0 Å². The number of H-pyrrole nitrogens is 1. The van der Waals surface area contributed by atoms with Crippen LogP contribution in [0.2, 0.25) is 5.02 Å². The topological polar surface area (TPSA) is 70.7 Å². The number of aromatic nitrogens is 3. The van der Waals surface area contributed by atoms with Crippen molar-refractivity contribution in [1.29, 1.82) is 0 Å².